The fourth-order valence-corrected chi connectivity index (χ4v) is 2.89. The molecule has 0 aliphatic carbocycles. The number of thiophene rings is 1. The van der Waals surface area contributed by atoms with Crippen LogP contribution in [-0.2, 0) is 6.42 Å². The van der Waals surface area contributed by atoms with Gasteiger partial charge < -0.3 is 10.2 Å². The van der Waals surface area contributed by atoms with Gasteiger partial charge in [-0.3, -0.25) is 4.79 Å². The third-order valence-electron chi connectivity index (χ3n) is 3.43. The molecule has 1 atom stereocenters. The molecule has 0 aliphatic rings. The predicted molar refractivity (Wildman–Crippen MR) is 88.0 cm³/mol. The van der Waals surface area contributed by atoms with E-state index in [0.717, 1.165) is 18.8 Å². The van der Waals surface area contributed by atoms with E-state index in [2.05, 4.69) is 28.7 Å². The van der Waals surface area contributed by atoms with Crippen molar-refractivity contribution in [2.24, 2.45) is 0 Å². The Kier molecular flexibility index (Phi) is 5.33. The van der Waals surface area contributed by atoms with E-state index in [1.54, 1.807) is 22.4 Å². The highest BCUT2D eigenvalue weighted by Gasteiger charge is 2.18. The SMILES string of the molecule is CCNc1ccc(C(=O)N(C)C(C)Cc2cccs2)cn1. The number of hydrogen-bond acceptors (Lipinski definition) is 4. The zero-order chi connectivity index (χ0) is 15.2. The summed E-state index contributed by atoms with van der Waals surface area (Å²) >= 11 is 1.73. The van der Waals surface area contributed by atoms with E-state index >= 15 is 0 Å². The Morgan fingerprint density at radius 2 is 2.24 bits per heavy atom. The zero-order valence-corrected chi connectivity index (χ0v) is 13.5. The number of nitrogens with zero attached hydrogens (tertiary/aromatic N) is 2. The molecule has 4 nitrogen and oxygen atoms in total. The normalized spacial score (nSPS) is 12.0. The van der Waals surface area contributed by atoms with Gasteiger partial charge in [-0.25, -0.2) is 4.98 Å². The average molecular weight is 303 g/mol. The predicted octanol–water partition coefficient (Wildman–Crippen LogP) is 3.28. The van der Waals surface area contributed by atoms with Gasteiger partial charge in [-0.15, -0.1) is 11.3 Å². The number of carbonyl (C=O) groups is 1. The largest absolute Gasteiger partial charge is 0.370 e. The Bertz CT molecular complexity index is 566. The van der Waals surface area contributed by atoms with Crippen LogP contribution in [-0.4, -0.2) is 35.4 Å². The summed E-state index contributed by atoms with van der Waals surface area (Å²) in [5.41, 5.74) is 0.622. The highest BCUT2D eigenvalue weighted by atomic mass is 32.1. The van der Waals surface area contributed by atoms with Crippen LogP contribution in [0.3, 0.4) is 0 Å². The first-order chi connectivity index (χ1) is 10.1. The van der Waals surface area contributed by atoms with Crippen molar-refractivity contribution >= 4 is 23.1 Å². The fraction of sp³-hybridized carbons (Fsp3) is 0.375. The molecule has 2 aromatic heterocycles. The quantitative estimate of drug-likeness (QED) is 0.891. The third kappa shape index (κ3) is 4.04. The lowest BCUT2D eigenvalue weighted by molar-refractivity contribution is 0.0743. The topological polar surface area (TPSA) is 45.2 Å². The summed E-state index contributed by atoms with van der Waals surface area (Å²) in [5, 5.41) is 5.18. The van der Waals surface area contributed by atoms with Crippen molar-refractivity contribution in [3.05, 3.63) is 46.3 Å². The maximum absolute atomic E-state index is 12.5. The van der Waals surface area contributed by atoms with Crippen LogP contribution < -0.4 is 5.32 Å². The number of hydrogen-bond donors (Lipinski definition) is 1. The number of amides is 1. The van der Waals surface area contributed by atoms with Crippen LogP contribution in [0.25, 0.3) is 0 Å². The van der Waals surface area contributed by atoms with Crippen molar-refractivity contribution in [3.8, 4) is 0 Å². The molecule has 0 fully saturated rings. The van der Waals surface area contributed by atoms with Gasteiger partial charge in [0.05, 0.1) is 5.56 Å². The minimum atomic E-state index is 0.00889. The zero-order valence-electron chi connectivity index (χ0n) is 12.7. The lowest BCUT2D eigenvalue weighted by atomic mass is 10.1. The monoisotopic (exact) mass is 303 g/mol. The number of rotatable bonds is 6. The van der Waals surface area contributed by atoms with Crippen LogP contribution in [0.4, 0.5) is 5.82 Å². The molecule has 5 heteroatoms. The molecular formula is C16H21N3OS. The second-order valence-electron chi connectivity index (χ2n) is 5.01. The number of carbonyl (C=O) groups excluding carboxylic acids is 1. The Labute approximate surface area is 129 Å². The maximum Gasteiger partial charge on any atom is 0.255 e. The molecule has 1 unspecified atom stereocenters. The minimum absolute atomic E-state index is 0.00889. The van der Waals surface area contributed by atoms with E-state index in [4.69, 9.17) is 0 Å². The summed E-state index contributed by atoms with van der Waals surface area (Å²) in [6.45, 7) is 4.90. The second-order valence-corrected chi connectivity index (χ2v) is 6.04. The summed E-state index contributed by atoms with van der Waals surface area (Å²) in [5.74, 6) is 0.804. The summed E-state index contributed by atoms with van der Waals surface area (Å²) in [4.78, 5) is 19.8. The number of nitrogens with one attached hydrogen (secondary N) is 1. The number of aromatic nitrogens is 1. The summed E-state index contributed by atoms with van der Waals surface area (Å²) in [6.07, 6.45) is 2.51. The van der Waals surface area contributed by atoms with Crippen molar-refractivity contribution in [1.82, 2.24) is 9.88 Å². The van der Waals surface area contributed by atoms with Crippen molar-refractivity contribution < 1.29 is 4.79 Å². The van der Waals surface area contributed by atoms with Gasteiger partial charge in [-0.2, -0.15) is 0 Å². The van der Waals surface area contributed by atoms with Crippen molar-refractivity contribution in [2.75, 3.05) is 18.9 Å². The molecule has 0 saturated heterocycles. The van der Waals surface area contributed by atoms with Gasteiger partial charge in [0, 0.05) is 37.1 Å². The number of anilines is 1. The lowest BCUT2D eigenvalue weighted by Crippen LogP contribution is -2.36. The van der Waals surface area contributed by atoms with Gasteiger partial charge >= 0.3 is 0 Å². The van der Waals surface area contributed by atoms with Crippen LogP contribution in [0.5, 0.6) is 0 Å². The summed E-state index contributed by atoms with van der Waals surface area (Å²) in [7, 11) is 1.85. The Hall–Kier alpha value is -1.88. The molecule has 1 N–H and O–H groups in total. The third-order valence-corrected chi connectivity index (χ3v) is 4.33. The van der Waals surface area contributed by atoms with E-state index in [9.17, 15) is 4.79 Å². The smallest absolute Gasteiger partial charge is 0.255 e. The molecule has 0 aliphatic heterocycles. The summed E-state index contributed by atoms with van der Waals surface area (Å²) < 4.78 is 0. The Morgan fingerprint density at radius 3 is 2.81 bits per heavy atom. The van der Waals surface area contributed by atoms with Crippen LogP contribution in [0.1, 0.15) is 29.1 Å². The molecule has 0 bridgehead atoms. The van der Waals surface area contributed by atoms with E-state index < -0.39 is 0 Å². The van der Waals surface area contributed by atoms with Crippen molar-refractivity contribution in [3.63, 3.8) is 0 Å². The molecule has 2 heterocycles. The van der Waals surface area contributed by atoms with Crippen molar-refractivity contribution in [2.45, 2.75) is 26.3 Å². The second kappa shape index (κ2) is 7.22. The fourth-order valence-electron chi connectivity index (χ4n) is 2.07. The van der Waals surface area contributed by atoms with Gasteiger partial charge in [0.1, 0.15) is 5.82 Å². The number of likely N-dealkylation sites (N-methyl/N-ethyl adjacent to an activating group) is 1. The van der Waals surface area contributed by atoms with E-state index in [1.807, 2.05) is 32.2 Å². The maximum atomic E-state index is 12.5. The molecule has 21 heavy (non-hydrogen) atoms. The van der Waals surface area contributed by atoms with E-state index in [-0.39, 0.29) is 11.9 Å². The van der Waals surface area contributed by atoms with Gasteiger partial charge in [0.2, 0.25) is 0 Å². The minimum Gasteiger partial charge on any atom is -0.370 e. The average Bonchev–Trinajstić information content (AvgIpc) is 3.00. The van der Waals surface area contributed by atoms with Gasteiger partial charge in [0.25, 0.3) is 5.91 Å². The highest BCUT2D eigenvalue weighted by molar-refractivity contribution is 7.09. The van der Waals surface area contributed by atoms with Crippen molar-refractivity contribution in [1.29, 1.82) is 0 Å². The molecule has 0 radical (unpaired) electrons. The van der Waals surface area contributed by atoms with Crippen LogP contribution in [0.15, 0.2) is 35.8 Å². The Morgan fingerprint density at radius 1 is 1.43 bits per heavy atom. The molecule has 1 amide bonds. The lowest BCUT2D eigenvalue weighted by Gasteiger charge is -2.24. The molecule has 112 valence electrons. The molecule has 0 saturated carbocycles. The van der Waals surface area contributed by atoms with E-state index in [1.165, 1.54) is 4.88 Å². The Balaban J connectivity index is 2.00. The molecule has 2 rings (SSSR count). The van der Waals surface area contributed by atoms with Gasteiger partial charge in [0.15, 0.2) is 0 Å². The number of pyridine rings is 1. The first-order valence-corrected chi connectivity index (χ1v) is 7.99. The van der Waals surface area contributed by atoms with Crippen LogP contribution >= 0.6 is 11.3 Å². The first-order valence-electron chi connectivity index (χ1n) is 7.11. The van der Waals surface area contributed by atoms with Gasteiger partial charge in [-0.05, 0) is 37.4 Å². The molecular weight excluding hydrogens is 282 g/mol. The summed E-state index contributed by atoms with van der Waals surface area (Å²) in [6, 6.07) is 7.96. The van der Waals surface area contributed by atoms with Crippen LogP contribution in [0, 0.1) is 0 Å². The van der Waals surface area contributed by atoms with Crippen LogP contribution in [0.2, 0.25) is 0 Å². The first kappa shape index (κ1) is 15.5. The molecule has 2 aromatic rings. The molecule has 0 spiro atoms. The molecule has 0 aromatic carbocycles. The van der Waals surface area contributed by atoms with Gasteiger partial charge in [-0.1, -0.05) is 6.07 Å². The van der Waals surface area contributed by atoms with E-state index in [0.29, 0.717) is 5.56 Å². The standard InChI is InChI=1S/C16H21N3OS/c1-4-17-15-8-7-13(11-18-15)16(20)19(3)12(2)10-14-6-5-9-21-14/h5-9,11-12H,4,10H2,1-3H3,(H,17,18). The highest BCUT2D eigenvalue weighted by Crippen LogP contribution is 2.15.